The van der Waals surface area contributed by atoms with E-state index in [1.807, 2.05) is 73.7 Å². The normalized spacial score (nSPS) is 26.6. The molecule has 3 amide bonds. The Hall–Kier alpha value is -4.08. The van der Waals surface area contributed by atoms with Crippen LogP contribution in [-0.4, -0.2) is 76.1 Å². The molecule has 3 aromatic rings. The molecule has 3 aliphatic heterocycles. The van der Waals surface area contributed by atoms with Crippen LogP contribution in [0.4, 0.5) is 11.4 Å². The number of nitrogens with zero attached hydrogens (tertiary/aromatic N) is 3. The standard InChI is InChI=1S/C38H43N3O5S/c1-6-19-39(28-15-17-30(18-16-28)46-8-3)35(43)32-31-21-24(4)38(47-31)33(32)36(44)41(25(5)23-42)34(38)37(45)40(20-7-2)29-14-13-26-11-9-10-12-27(26)22-29/h6-7,9-18,22,24-25,31-34,42H,1-2,8,19-21,23H2,3-5H3/t24?,25-,31-,32+,33+,34?,38?/m1/s1. The van der Waals surface area contributed by atoms with Gasteiger partial charge in [-0.2, -0.15) is 0 Å². The summed E-state index contributed by atoms with van der Waals surface area (Å²) in [6.07, 6.45) is 4.09. The van der Waals surface area contributed by atoms with Crippen molar-refractivity contribution in [3.05, 3.63) is 92.0 Å². The molecule has 8 nitrogen and oxygen atoms in total. The van der Waals surface area contributed by atoms with Crippen LogP contribution in [0, 0.1) is 17.8 Å². The van der Waals surface area contributed by atoms with Gasteiger partial charge in [-0.05, 0) is 73.4 Å². The van der Waals surface area contributed by atoms with Gasteiger partial charge in [0.2, 0.25) is 11.8 Å². The zero-order valence-corrected chi connectivity index (χ0v) is 28.1. The molecule has 3 aromatic carbocycles. The third kappa shape index (κ3) is 5.33. The van der Waals surface area contributed by atoms with Gasteiger partial charge in [0, 0.05) is 29.7 Å². The lowest BCUT2D eigenvalue weighted by Gasteiger charge is -2.42. The summed E-state index contributed by atoms with van der Waals surface area (Å²) >= 11 is 1.63. The molecule has 1 spiro atoms. The molecule has 0 radical (unpaired) electrons. The van der Waals surface area contributed by atoms with Crippen LogP contribution in [0.15, 0.2) is 92.0 Å². The second-order valence-electron chi connectivity index (χ2n) is 12.8. The predicted octanol–water partition coefficient (Wildman–Crippen LogP) is 5.69. The molecule has 3 aliphatic rings. The van der Waals surface area contributed by atoms with E-state index in [4.69, 9.17) is 4.74 Å². The summed E-state index contributed by atoms with van der Waals surface area (Å²) in [4.78, 5) is 49.3. The van der Waals surface area contributed by atoms with Gasteiger partial charge in [-0.25, -0.2) is 0 Å². The van der Waals surface area contributed by atoms with Gasteiger partial charge >= 0.3 is 0 Å². The Morgan fingerprint density at radius 1 is 1.02 bits per heavy atom. The number of hydrogen-bond acceptors (Lipinski definition) is 6. The van der Waals surface area contributed by atoms with Crippen LogP contribution in [0.1, 0.15) is 27.2 Å². The van der Waals surface area contributed by atoms with Crippen molar-refractivity contribution in [2.75, 3.05) is 36.1 Å². The molecular formula is C38H43N3O5S. The average Bonchev–Trinajstić information content (AvgIpc) is 3.69. The number of carbonyl (C=O) groups is 3. The van der Waals surface area contributed by atoms with Crippen molar-refractivity contribution >= 4 is 51.6 Å². The van der Waals surface area contributed by atoms with Crippen molar-refractivity contribution < 1.29 is 24.2 Å². The molecule has 9 heteroatoms. The van der Waals surface area contributed by atoms with Gasteiger partial charge in [-0.3, -0.25) is 14.4 Å². The fourth-order valence-corrected chi connectivity index (χ4v) is 10.4. The van der Waals surface area contributed by atoms with Crippen molar-refractivity contribution in [3.63, 3.8) is 0 Å². The van der Waals surface area contributed by atoms with Crippen molar-refractivity contribution in [3.8, 4) is 5.75 Å². The Morgan fingerprint density at radius 3 is 2.30 bits per heavy atom. The van der Waals surface area contributed by atoms with Gasteiger partial charge in [0.15, 0.2) is 0 Å². The summed E-state index contributed by atoms with van der Waals surface area (Å²) in [6.45, 7) is 14.4. The molecule has 6 rings (SSSR count). The Balaban J connectivity index is 1.41. The zero-order chi connectivity index (χ0) is 33.5. The molecule has 3 heterocycles. The Bertz CT molecular complexity index is 1690. The molecule has 47 heavy (non-hydrogen) atoms. The van der Waals surface area contributed by atoms with Crippen LogP contribution in [0.3, 0.4) is 0 Å². The number of ether oxygens (including phenoxy) is 1. The van der Waals surface area contributed by atoms with Crippen molar-refractivity contribution in [1.29, 1.82) is 0 Å². The molecule has 246 valence electrons. The monoisotopic (exact) mass is 653 g/mol. The number of benzene rings is 3. The third-order valence-corrected chi connectivity index (χ3v) is 12.2. The van der Waals surface area contributed by atoms with Gasteiger partial charge < -0.3 is 24.5 Å². The fraction of sp³-hybridized carbons (Fsp3) is 0.395. The topological polar surface area (TPSA) is 90.4 Å². The maximum Gasteiger partial charge on any atom is 0.251 e. The van der Waals surface area contributed by atoms with Crippen molar-refractivity contribution in [2.24, 2.45) is 17.8 Å². The SMILES string of the molecule is C=CCN(C(=O)C1N([C@H](C)CO)C(=O)[C@@H]2[C@@H](C(=O)N(CC=C)c3ccc(OCC)cc3)[C@H]3CC(C)C12S3)c1ccc2ccccc2c1. The number of hydrogen-bond donors (Lipinski definition) is 1. The van der Waals surface area contributed by atoms with Gasteiger partial charge in [-0.1, -0.05) is 49.4 Å². The molecule has 0 aromatic heterocycles. The van der Waals surface area contributed by atoms with Gasteiger partial charge in [0.1, 0.15) is 11.8 Å². The number of carbonyl (C=O) groups excluding carboxylic acids is 3. The third-order valence-electron chi connectivity index (χ3n) is 10.1. The maximum atomic E-state index is 15.0. The summed E-state index contributed by atoms with van der Waals surface area (Å²) in [5, 5.41) is 12.3. The second kappa shape index (κ2) is 13.2. The number of rotatable bonds is 12. The summed E-state index contributed by atoms with van der Waals surface area (Å²) < 4.78 is 4.78. The minimum Gasteiger partial charge on any atom is -0.494 e. The van der Waals surface area contributed by atoms with Crippen LogP contribution >= 0.6 is 11.8 Å². The minimum atomic E-state index is -0.866. The van der Waals surface area contributed by atoms with E-state index in [0.29, 0.717) is 30.2 Å². The van der Waals surface area contributed by atoms with Gasteiger partial charge in [0.05, 0.1) is 35.8 Å². The van der Waals surface area contributed by atoms with E-state index in [0.717, 1.165) is 10.8 Å². The number of amides is 3. The van der Waals surface area contributed by atoms with Gasteiger partial charge in [-0.15, -0.1) is 24.9 Å². The summed E-state index contributed by atoms with van der Waals surface area (Å²) in [5.74, 6) is -1.27. The first-order chi connectivity index (χ1) is 22.7. The smallest absolute Gasteiger partial charge is 0.251 e. The van der Waals surface area contributed by atoms with E-state index in [1.165, 1.54) is 0 Å². The van der Waals surface area contributed by atoms with Crippen LogP contribution in [0.2, 0.25) is 0 Å². The highest BCUT2D eigenvalue weighted by Crippen LogP contribution is 2.69. The molecule has 3 fully saturated rings. The molecular weight excluding hydrogens is 611 g/mol. The fourth-order valence-electron chi connectivity index (χ4n) is 8.05. The molecule has 3 saturated heterocycles. The summed E-state index contributed by atoms with van der Waals surface area (Å²) in [5.41, 5.74) is 1.41. The minimum absolute atomic E-state index is 0.0131. The number of anilines is 2. The van der Waals surface area contributed by atoms with Crippen LogP contribution in [-0.2, 0) is 14.4 Å². The zero-order valence-electron chi connectivity index (χ0n) is 27.2. The lowest BCUT2D eigenvalue weighted by molar-refractivity contribution is -0.141. The number of aliphatic hydroxyl groups is 1. The van der Waals surface area contributed by atoms with Crippen LogP contribution in [0.5, 0.6) is 5.75 Å². The van der Waals surface area contributed by atoms with Gasteiger partial charge in [0.25, 0.3) is 5.91 Å². The van der Waals surface area contributed by atoms with E-state index >= 15 is 4.79 Å². The lowest BCUT2D eigenvalue weighted by Crippen LogP contribution is -2.59. The number of thioether (sulfide) groups is 1. The highest BCUT2D eigenvalue weighted by molar-refractivity contribution is 8.02. The number of fused-ring (bicyclic) bond motifs is 2. The Labute approximate surface area is 281 Å². The number of likely N-dealkylation sites (tertiary alicyclic amines) is 1. The van der Waals surface area contributed by atoms with E-state index in [2.05, 4.69) is 20.1 Å². The Kier molecular flexibility index (Phi) is 9.23. The first-order valence-electron chi connectivity index (χ1n) is 16.4. The summed E-state index contributed by atoms with van der Waals surface area (Å²) in [6, 6.07) is 19.8. The molecule has 7 atom stereocenters. The first-order valence-corrected chi connectivity index (χ1v) is 17.3. The van der Waals surface area contributed by atoms with E-state index in [9.17, 15) is 14.7 Å². The predicted molar refractivity (Wildman–Crippen MR) is 189 cm³/mol. The largest absolute Gasteiger partial charge is 0.494 e. The van der Waals surface area contributed by atoms with Crippen molar-refractivity contribution in [2.45, 2.75) is 49.3 Å². The first kappa shape index (κ1) is 32.8. The second-order valence-corrected chi connectivity index (χ2v) is 14.3. The highest BCUT2D eigenvalue weighted by atomic mass is 32.2. The maximum absolute atomic E-state index is 15.0. The number of aliphatic hydroxyl groups excluding tert-OH is 1. The van der Waals surface area contributed by atoms with E-state index in [-0.39, 0.29) is 48.6 Å². The van der Waals surface area contributed by atoms with Crippen LogP contribution < -0.4 is 14.5 Å². The van der Waals surface area contributed by atoms with E-state index < -0.39 is 28.7 Å². The Morgan fingerprint density at radius 2 is 1.66 bits per heavy atom. The molecule has 2 bridgehead atoms. The molecule has 3 unspecified atom stereocenters. The van der Waals surface area contributed by atoms with Crippen molar-refractivity contribution in [1.82, 2.24) is 4.90 Å². The average molecular weight is 654 g/mol. The molecule has 0 aliphatic carbocycles. The van der Waals surface area contributed by atoms with Crippen LogP contribution in [0.25, 0.3) is 10.8 Å². The van der Waals surface area contributed by atoms with E-state index in [1.54, 1.807) is 45.5 Å². The lowest BCUT2D eigenvalue weighted by atomic mass is 9.65. The highest BCUT2D eigenvalue weighted by Gasteiger charge is 2.76. The quantitative estimate of drug-likeness (QED) is 0.253. The molecule has 1 N–H and O–H groups in total. The summed E-state index contributed by atoms with van der Waals surface area (Å²) in [7, 11) is 0. The molecule has 0 saturated carbocycles.